The van der Waals surface area contributed by atoms with Crippen molar-refractivity contribution in [2.24, 2.45) is 5.92 Å². The van der Waals surface area contributed by atoms with Gasteiger partial charge in [0.1, 0.15) is 0 Å². The van der Waals surface area contributed by atoms with Crippen molar-refractivity contribution >= 4 is 17.3 Å². The fourth-order valence-corrected chi connectivity index (χ4v) is 3.00. The highest BCUT2D eigenvalue weighted by Crippen LogP contribution is 2.30. The van der Waals surface area contributed by atoms with Crippen LogP contribution in [0, 0.1) is 5.92 Å². The molecule has 20 heavy (non-hydrogen) atoms. The van der Waals surface area contributed by atoms with Crippen LogP contribution in [0.2, 0.25) is 5.02 Å². The largest absolute Gasteiger partial charge is 0.393 e. The standard InChI is InChI=1S/C16H25ClN2O/c1-3-6-18-10-13-9-14(17)4-5-16(13)19(2)11-12-7-15(20)8-12/h4-5,9,12,15,18,20H,3,6-8,10-11H2,1-2H3. The average molecular weight is 297 g/mol. The van der Waals surface area contributed by atoms with Gasteiger partial charge in [0, 0.05) is 30.8 Å². The predicted molar refractivity (Wildman–Crippen MR) is 85.5 cm³/mol. The van der Waals surface area contributed by atoms with Crippen LogP contribution >= 0.6 is 11.6 Å². The molecule has 0 atom stereocenters. The van der Waals surface area contributed by atoms with E-state index in [9.17, 15) is 5.11 Å². The van der Waals surface area contributed by atoms with Crippen LogP contribution in [0.4, 0.5) is 5.69 Å². The van der Waals surface area contributed by atoms with Crippen molar-refractivity contribution in [2.45, 2.75) is 38.8 Å². The summed E-state index contributed by atoms with van der Waals surface area (Å²) >= 11 is 6.12. The summed E-state index contributed by atoms with van der Waals surface area (Å²) in [5.41, 5.74) is 2.48. The minimum absolute atomic E-state index is 0.0793. The molecule has 1 fully saturated rings. The lowest BCUT2D eigenvalue weighted by Gasteiger charge is -2.35. The summed E-state index contributed by atoms with van der Waals surface area (Å²) in [6.07, 6.45) is 2.92. The maximum Gasteiger partial charge on any atom is 0.0546 e. The molecular formula is C16H25ClN2O. The van der Waals surface area contributed by atoms with Gasteiger partial charge in [0.2, 0.25) is 0 Å². The zero-order chi connectivity index (χ0) is 14.5. The Hall–Kier alpha value is -0.770. The molecule has 1 aromatic carbocycles. The van der Waals surface area contributed by atoms with Gasteiger partial charge in [0.25, 0.3) is 0 Å². The van der Waals surface area contributed by atoms with Crippen LogP contribution in [-0.2, 0) is 6.54 Å². The third-order valence-corrected chi connectivity index (χ3v) is 4.17. The Morgan fingerprint density at radius 3 is 2.80 bits per heavy atom. The Balaban J connectivity index is 2.00. The Morgan fingerprint density at radius 1 is 1.40 bits per heavy atom. The fourth-order valence-electron chi connectivity index (χ4n) is 2.80. The van der Waals surface area contributed by atoms with Crippen LogP contribution < -0.4 is 10.2 Å². The Morgan fingerprint density at radius 2 is 2.15 bits per heavy atom. The minimum atomic E-state index is -0.0793. The van der Waals surface area contributed by atoms with E-state index in [1.54, 1.807) is 0 Å². The third-order valence-electron chi connectivity index (χ3n) is 3.94. The second-order valence-electron chi connectivity index (χ2n) is 5.82. The maximum absolute atomic E-state index is 9.39. The molecule has 0 spiro atoms. The van der Waals surface area contributed by atoms with Crippen molar-refractivity contribution in [1.29, 1.82) is 0 Å². The van der Waals surface area contributed by atoms with Crippen molar-refractivity contribution in [1.82, 2.24) is 5.32 Å². The van der Waals surface area contributed by atoms with E-state index in [-0.39, 0.29) is 6.10 Å². The normalized spacial score (nSPS) is 21.6. The number of benzene rings is 1. The van der Waals surface area contributed by atoms with Crippen molar-refractivity contribution in [2.75, 3.05) is 25.0 Å². The van der Waals surface area contributed by atoms with Gasteiger partial charge in [0.05, 0.1) is 6.10 Å². The number of hydrogen-bond acceptors (Lipinski definition) is 3. The molecule has 0 aromatic heterocycles. The Kier molecular flexibility index (Phi) is 5.70. The Labute approximate surface area is 126 Å². The van der Waals surface area contributed by atoms with E-state index in [2.05, 4.69) is 30.3 Å². The lowest BCUT2D eigenvalue weighted by atomic mass is 9.82. The van der Waals surface area contributed by atoms with Crippen molar-refractivity contribution in [3.63, 3.8) is 0 Å². The first-order valence-corrected chi connectivity index (χ1v) is 7.86. The average Bonchev–Trinajstić information content (AvgIpc) is 2.37. The number of aliphatic hydroxyl groups excluding tert-OH is 1. The molecule has 0 amide bonds. The number of nitrogens with zero attached hydrogens (tertiary/aromatic N) is 1. The Bertz CT molecular complexity index is 432. The summed E-state index contributed by atoms with van der Waals surface area (Å²) in [5, 5.41) is 13.6. The molecule has 0 radical (unpaired) electrons. The second-order valence-corrected chi connectivity index (χ2v) is 6.26. The number of nitrogens with one attached hydrogen (secondary N) is 1. The first-order chi connectivity index (χ1) is 9.60. The summed E-state index contributed by atoms with van der Waals surface area (Å²) in [4.78, 5) is 2.29. The zero-order valence-corrected chi connectivity index (χ0v) is 13.2. The molecule has 1 aromatic rings. The topological polar surface area (TPSA) is 35.5 Å². The fraction of sp³-hybridized carbons (Fsp3) is 0.625. The highest BCUT2D eigenvalue weighted by Gasteiger charge is 2.28. The van der Waals surface area contributed by atoms with Crippen molar-refractivity contribution in [3.8, 4) is 0 Å². The van der Waals surface area contributed by atoms with Gasteiger partial charge in [0.15, 0.2) is 0 Å². The molecule has 0 heterocycles. The zero-order valence-electron chi connectivity index (χ0n) is 12.4. The van der Waals surface area contributed by atoms with Gasteiger partial charge in [-0.25, -0.2) is 0 Å². The van der Waals surface area contributed by atoms with Gasteiger partial charge in [-0.15, -0.1) is 0 Å². The summed E-state index contributed by atoms with van der Waals surface area (Å²) in [7, 11) is 2.12. The number of halogens is 1. The lowest BCUT2D eigenvalue weighted by molar-refractivity contribution is 0.0464. The molecule has 1 aliphatic carbocycles. The minimum Gasteiger partial charge on any atom is -0.393 e. The highest BCUT2D eigenvalue weighted by atomic mass is 35.5. The van der Waals surface area contributed by atoms with E-state index in [1.807, 2.05) is 12.1 Å². The van der Waals surface area contributed by atoms with E-state index < -0.39 is 0 Å². The molecule has 0 saturated heterocycles. The van der Waals surface area contributed by atoms with Gasteiger partial charge in [-0.2, -0.15) is 0 Å². The number of aliphatic hydroxyl groups is 1. The van der Waals surface area contributed by atoms with Crippen molar-refractivity contribution < 1.29 is 5.11 Å². The predicted octanol–water partition coefficient (Wildman–Crippen LogP) is 3.05. The van der Waals surface area contributed by atoms with Gasteiger partial charge < -0.3 is 15.3 Å². The number of anilines is 1. The van der Waals surface area contributed by atoms with E-state index in [0.29, 0.717) is 5.92 Å². The van der Waals surface area contributed by atoms with Gasteiger partial charge in [-0.05, 0) is 55.5 Å². The molecule has 0 bridgehead atoms. The lowest BCUT2D eigenvalue weighted by Crippen LogP contribution is -2.37. The molecule has 1 saturated carbocycles. The monoisotopic (exact) mass is 296 g/mol. The quantitative estimate of drug-likeness (QED) is 0.759. The molecule has 4 heteroatoms. The molecule has 0 unspecified atom stereocenters. The third kappa shape index (κ3) is 4.11. The molecule has 0 aliphatic heterocycles. The smallest absolute Gasteiger partial charge is 0.0546 e. The van der Waals surface area contributed by atoms with Crippen LogP contribution in [0.1, 0.15) is 31.7 Å². The first-order valence-electron chi connectivity index (χ1n) is 7.48. The highest BCUT2D eigenvalue weighted by molar-refractivity contribution is 6.30. The molecule has 2 rings (SSSR count). The van der Waals surface area contributed by atoms with Crippen molar-refractivity contribution in [3.05, 3.63) is 28.8 Å². The van der Waals surface area contributed by atoms with Crippen LogP contribution in [0.15, 0.2) is 18.2 Å². The molecular weight excluding hydrogens is 272 g/mol. The molecule has 112 valence electrons. The molecule has 1 aliphatic rings. The summed E-state index contributed by atoms with van der Waals surface area (Å²) in [5.74, 6) is 0.613. The summed E-state index contributed by atoms with van der Waals surface area (Å²) < 4.78 is 0. The van der Waals surface area contributed by atoms with E-state index in [4.69, 9.17) is 11.6 Å². The van der Waals surface area contributed by atoms with E-state index >= 15 is 0 Å². The van der Waals surface area contributed by atoms with Crippen LogP contribution in [-0.4, -0.2) is 31.3 Å². The van der Waals surface area contributed by atoms with Crippen LogP contribution in [0.25, 0.3) is 0 Å². The van der Waals surface area contributed by atoms with Gasteiger partial charge in [-0.3, -0.25) is 0 Å². The van der Waals surface area contributed by atoms with Crippen LogP contribution in [0.3, 0.4) is 0 Å². The van der Waals surface area contributed by atoms with E-state index in [0.717, 1.165) is 43.9 Å². The SMILES string of the molecule is CCCNCc1cc(Cl)ccc1N(C)CC1CC(O)C1. The number of hydrogen-bond donors (Lipinski definition) is 2. The summed E-state index contributed by atoms with van der Waals surface area (Å²) in [6.45, 7) is 5.03. The molecule has 3 nitrogen and oxygen atoms in total. The van der Waals surface area contributed by atoms with Gasteiger partial charge in [-0.1, -0.05) is 18.5 Å². The molecule has 2 N–H and O–H groups in total. The second kappa shape index (κ2) is 7.30. The van der Waals surface area contributed by atoms with Crippen LogP contribution in [0.5, 0.6) is 0 Å². The number of rotatable bonds is 7. The van der Waals surface area contributed by atoms with Gasteiger partial charge >= 0.3 is 0 Å². The first kappa shape index (κ1) is 15.6. The summed E-state index contributed by atoms with van der Waals surface area (Å²) in [6, 6.07) is 6.10. The van der Waals surface area contributed by atoms with E-state index in [1.165, 1.54) is 11.3 Å². The maximum atomic E-state index is 9.39.